The zero-order valence-electron chi connectivity index (χ0n) is 18.7. The lowest BCUT2D eigenvalue weighted by Crippen LogP contribution is -2.19. The normalized spacial score (nSPS) is 18.8. The van der Waals surface area contributed by atoms with Crippen LogP contribution in [0.15, 0.2) is 30.6 Å². The molecule has 3 aromatic rings. The van der Waals surface area contributed by atoms with E-state index < -0.39 is 0 Å². The van der Waals surface area contributed by atoms with Crippen molar-refractivity contribution in [3.05, 3.63) is 47.3 Å². The molecule has 0 spiro atoms. The van der Waals surface area contributed by atoms with Crippen LogP contribution in [0.3, 0.4) is 0 Å². The van der Waals surface area contributed by atoms with Crippen LogP contribution in [0.5, 0.6) is 5.88 Å². The van der Waals surface area contributed by atoms with Crippen LogP contribution in [0.4, 0.5) is 0 Å². The average Bonchev–Trinajstić information content (AvgIpc) is 3.53. The summed E-state index contributed by atoms with van der Waals surface area (Å²) in [6.07, 6.45) is 10.6. The van der Waals surface area contributed by atoms with Gasteiger partial charge in [0.25, 0.3) is 5.91 Å². The van der Waals surface area contributed by atoms with E-state index >= 15 is 0 Å². The number of nitrogens with zero attached hydrogens (tertiary/aromatic N) is 4. The molecule has 2 aromatic heterocycles. The van der Waals surface area contributed by atoms with E-state index in [9.17, 15) is 10.1 Å². The Bertz CT molecular complexity index is 1220. The molecular weight excluding hydrogens is 418 g/mol. The summed E-state index contributed by atoms with van der Waals surface area (Å²) in [4.78, 5) is 17.2. The SMILES string of the molecule is CNC(=O)c1cc(C#N)cc(-c2cnn3cc(C4CCCCC4)c(OC4CCOC4)nc23)c1. The fraction of sp³-hybridized carbons (Fsp3) is 0.440. The maximum Gasteiger partial charge on any atom is 0.251 e. The third-order valence-corrected chi connectivity index (χ3v) is 6.56. The summed E-state index contributed by atoms with van der Waals surface area (Å²) in [6, 6.07) is 7.24. The van der Waals surface area contributed by atoms with E-state index in [1.807, 2.05) is 6.20 Å². The summed E-state index contributed by atoms with van der Waals surface area (Å²) in [7, 11) is 1.57. The van der Waals surface area contributed by atoms with Crippen LogP contribution < -0.4 is 10.1 Å². The number of rotatable bonds is 5. The van der Waals surface area contributed by atoms with Crippen molar-refractivity contribution in [2.24, 2.45) is 0 Å². The van der Waals surface area contributed by atoms with Crippen molar-refractivity contribution >= 4 is 11.6 Å². The number of fused-ring (bicyclic) bond motifs is 1. The average molecular weight is 446 g/mol. The molecule has 2 aliphatic rings. The predicted molar refractivity (Wildman–Crippen MR) is 122 cm³/mol. The molecule has 8 heteroatoms. The minimum absolute atomic E-state index is 0.00423. The molecule has 0 bridgehead atoms. The fourth-order valence-electron chi connectivity index (χ4n) is 4.79. The van der Waals surface area contributed by atoms with Crippen molar-refractivity contribution < 1.29 is 14.3 Å². The van der Waals surface area contributed by atoms with Gasteiger partial charge in [-0.1, -0.05) is 19.3 Å². The van der Waals surface area contributed by atoms with Crippen molar-refractivity contribution in [3.8, 4) is 23.1 Å². The van der Waals surface area contributed by atoms with Gasteiger partial charge in [0.2, 0.25) is 5.88 Å². The van der Waals surface area contributed by atoms with Crippen molar-refractivity contribution in [2.45, 2.75) is 50.5 Å². The molecule has 3 heterocycles. The molecule has 1 saturated heterocycles. The van der Waals surface area contributed by atoms with Gasteiger partial charge in [0.05, 0.1) is 31.0 Å². The van der Waals surface area contributed by atoms with Gasteiger partial charge in [-0.2, -0.15) is 15.3 Å². The molecule has 8 nitrogen and oxygen atoms in total. The minimum Gasteiger partial charge on any atom is -0.472 e. The van der Waals surface area contributed by atoms with Crippen LogP contribution in [0, 0.1) is 11.3 Å². The number of hydrogen-bond donors (Lipinski definition) is 1. The lowest BCUT2D eigenvalue weighted by Gasteiger charge is -2.24. The van der Waals surface area contributed by atoms with E-state index in [2.05, 4.69) is 16.5 Å². The Balaban J connectivity index is 1.61. The summed E-state index contributed by atoms with van der Waals surface area (Å²) in [5.74, 6) is 0.805. The number of hydrogen-bond acceptors (Lipinski definition) is 6. The molecule has 1 unspecified atom stereocenters. The van der Waals surface area contributed by atoms with Crippen molar-refractivity contribution in [1.82, 2.24) is 19.9 Å². The van der Waals surface area contributed by atoms with Gasteiger partial charge >= 0.3 is 0 Å². The molecule has 33 heavy (non-hydrogen) atoms. The van der Waals surface area contributed by atoms with Crippen LogP contribution in [-0.2, 0) is 4.74 Å². The maximum atomic E-state index is 12.2. The van der Waals surface area contributed by atoms with E-state index in [0.29, 0.717) is 41.8 Å². The molecule has 1 saturated carbocycles. The van der Waals surface area contributed by atoms with Crippen LogP contribution in [0.1, 0.15) is 65.9 Å². The minimum atomic E-state index is -0.248. The van der Waals surface area contributed by atoms with Gasteiger partial charge < -0.3 is 14.8 Å². The molecular formula is C25H27N5O3. The predicted octanol–water partition coefficient (Wildman–Crippen LogP) is 3.84. The number of carbonyl (C=O) groups excluding carboxylic acids is 1. The summed E-state index contributed by atoms with van der Waals surface area (Å²) < 4.78 is 13.7. The lowest BCUT2D eigenvalue weighted by atomic mass is 9.85. The van der Waals surface area contributed by atoms with Gasteiger partial charge in [0.1, 0.15) is 6.10 Å². The maximum absolute atomic E-state index is 12.2. The second kappa shape index (κ2) is 9.20. The monoisotopic (exact) mass is 445 g/mol. The van der Waals surface area contributed by atoms with Gasteiger partial charge in [-0.25, -0.2) is 4.52 Å². The summed E-state index contributed by atoms with van der Waals surface area (Å²) >= 11 is 0. The number of carbonyl (C=O) groups is 1. The van der Waals surface area contributed by atoms with E-state index in [-0.39, 0.29) is 12.0 Å². The quantitative estimate of drug-likeness (QED) is 0.640. The highest BCUT2D eigenvalue weighted by Gasteiger charge is 2.26. The van der Waals surface area contributed by atoms with E-state index in [0.717, 1.165) is 36.0 Å². The number of benzene rings is 1. The number of nitrogens with one attached hydrogen (secondary N) is 1. The van der Waals surface area contributed by atoms with Crippen molar-refractivity contribution in [3.63, 3.8) is 0 Å². The number of amides is 1. The van der Waals surface area contributed by atoms with Crippen LogP contribution in [0.25, 0.3) is 16.8 Å². The van der Waals surface area contributed by atoms with Crippen LogP contribution in [0.2, 0.25) is 0 Å². The molecule has 1 aliphatic heterocycles. The Labute approximate surface area is 192 Å². The first-order valence-electron chi connectivity index (χ1n) is 11.6. The molecule has 170 valence electrons. The van der Waals surface area contributed by atoms with Gasteiger partial charge in [0, 0.05) is 36.4 Å². The molecule has 1 aromatic carbocycles. The topological polar surface area (TPSA) is 102 Å². The van der Waals surface area contributed by atoms with E-state index in [1.54, 1.807) is 36.0 Å². The summed E-state index contributed by atoms with van der Waals surface area (Å²) in [6.45, 7) is 1.27. The summed E-state index contributed by atoms with van der Waals surface area (Å²) in [5, 5.41) is 16.7. The molecule has 2 fully saturated rings. The zero-order valence-corrected chi connectivity index (χ0v) is 18.7. The fourth-order valence-corrected chi connectivity index (χ4v) is 4.79. The smallest absolute Gasteiger partial charge is 0.251 e. The highest BCUT2D eigenvalue weighted by atomic mass is 16.5. The molecule has 5 rings (SSSR count). The third-order valence-electron chi connectivity index (χ3n) is 6.56. The first-order chi connectivity index (χ1) is 16.2. The highest BCUT2D eigenvalue weighted by Crippen LogP contribution is 2.38. The molecule has 0 radical (unpaired) electrons. The Morgan fingerprint density at radius 3 is 2.82 bits per heavy atom. The molecule has 1 aliphatic carbocycles. The Morgan fingerprint density at radius 2 is 2.09 bits per heavy atom. The molecule has 1 amide bonds. The standard InChI is InChI=1S/C25H27N5O3/c1-27-24(31)19-10-16(12-26)9-18(11-19)21-13-28-30-14-22(17-5-3-2-4-6-17)25(29-23(21)30)33-20-7-8-32-15-20/h9-11,13-14,17,20H,2-8,15H2,1H3,(H,27,31). The second-order valence-corrected chi connectivity index (χ2v) is 8.76. The third kappa shape index (κ3) is 4.29. The Hall–Kier alpha value is -3.44. The van der Waals surface area contributed by atoms with Gasteiger partial charge in [-0.05, 0) is 42.5 Å². The van der Waals surface area contributed by atoms with Crippen molar-refractivity contribution in [1.29, 1.82) is 5.26 Å². The summed E-state index contributed by atoms with van der Waals surface area (Å²) in [5.41, 5.74) is 4.03. The zero-order chi connectivity index (χ0) is 22.8. The van der Waals surface area contributed by atoms with Gasteiger partial charge in [-0.15, -0.1) is 0 Å². The number of ether oxygens (including phenoxy) is 2. The van der Waals surface area contributed by atoms with E-state index in [1.165, 1.54) is 19.3 Å². The molecule has 1 atom stereocenters. The second-order valence-electron chi connectivity index (χ2n) is 8.76. The van der Waals surface area contributed by atoms with Gasteiger partial charge in [0.15, 0.2) is 5.65 Å². The Morgan fingerprint density at radius 1 is 1.24 bits per heavy atom. The largest absolute Gasteiger partial charge is 0.472 e. The first-order valence-corrected chi connectivity index (χ1v) is 11.6. The van der Waals surface area contributed by atoms with E-state index in [4.69, 9.17) is 14.5 Å². The number of aromatic nitrogens is 3. The van der Waals surface area contributed by atoms with Crippen LogP contribution in [-0.4, -0.2) is 46.9 Å². The highest BCUT2D eigenvalue weighted by molar-refractivity contribution is 5.96. The number of nitriles is 1. The lowest BCUT2D eigenvalue weighted by molar-refractivity contribution is 0.0963. The van der Waals surface area contributed by atoms with Crippen LogP contribution >= 0.6 is 0 Å². The first kappa shape index (κ1) is 21.4. The van der Waals surface area contributed by atoms with Crippen molar-refractivity contribution in [2.75, 3.05) is 20.3 Å². The molecule has 1 N–H and O–H groups in total. The van der Waals surface area contributed by atoms with Gasteiger partial charge in [-0.3, -0.25) is 4.79 Å². The Kier molecular flexibility index (Phi) is 5.97.